The Morgan fingerprint density at radius 1 is 0.839 bits per heavy atom. The lowest BCUT2D eigenvalue weighted by Crippen LogP contribution is -2.38. The van der Waals surface area contributed by atoms with E-state index >= 15 is 0 Å². The number of carbonyl (C=O) groups is 1. The van der Waals surface area contributed by atoms with Crippen LogP contribution in [0.4, 0.5) is 5.69 Å². The highest BCUT2D eigenvalue weighted by Crippen LogP contribution is 2.23. The van der Waals surface area contributed by atoms with Gasteiger partial charge in [-0.05, 0) is 73.7 Å². The van der Waals surface area contributed by atoms with Gasteiger partial charge in [0.25, 0.3) is 0 Å². The van der Waals surface area contributed by atoms with Gasteiger partial charge in [-0.25, -0.2) is 8.42 Å². The number of amides is 1. The molecule has 0 spiro atoms. The molecule has 0 aliphatic rings. The van der Waals surface area contributed by atoms with E-state index in [0.717, 1.165) is 22.3 Å². The van der Waals surface area contributed by atoms with Crippen LogP contribution in [0.3, 0.4) is 0 Å². The van der Waals surface area contributed by atoms with Crippen molar-refractivity contribution in [2.75, 3.05) is 11.9 Å². The summed E-state index contributed by atoms with van der Waals surface area (Å²) in [5.74, 6) is -0.380. The van der Waals surface area contributed by atoms with Gasteiger partial charge < -0.3 is 5.32 Å². The number of hydrogen-bond donors (Lipinski definition) is 1. The number of nitrogens with zero attached hydrogens (tertiary/aromatic N) is 1. The Labute approximate surface area is 184 Å². The van der Waals surface area contributed by atoms with Gasteiger partial charge in [0.05, 0.1) is 11.4 Å². The Morgan fingerprint density at radius 3 is 2.13 bits per heavy atom. The van der Waals surface area contributed by atoms with E-state index in [1.165, 1.54) is 4.31 Å². The molecule has 31 heavy (non-hydrogen) atoms. The van der Waals surface area contributed by atoms with Crippen molar-refractivity contribution in [3.63, 3.8) is 0 Å². The van der Waals surface area contributed by atoms with Crippen LogP contribution in [0.15, 0.2) is 71.6 Å². The van der Waals surface area contributed by atoms with Crippen LogP contribution in [0.25, 0.3) is 0 Å². The summed E-state index contributed by atoms with van der Waals surface area (Å²) >= 11 is 0. The van der Waals surface area contributed by atoms with Crippen LogP contribution in [0, 0.1) is 27.7 Å². The van der Waals surface area contributed by atoms with E-state index in [4.69, 9.17) is 0 Å². The molecule has 6 heteroatoms. The van der Waals surface area contributed by atoms with Crippen molar-refractivity contribution < 1.29 is 13.2 Å². The zero-order chi connectivity index (χ0) is 22.6. The molecule has 0 atom stereocenters. The van der Waals surface area contributed by atoms with Crippen molar-refractivity contribution in [3.8, 4) is 0 Å². The fourth-order valence-corrected chi connectivity index (χ4v) is 5.24. The maximum atomic E-state index is 13.6. The quantitative estimate of drug-likeness (QED) is 0.581. The van der Waals surface area contributed by atoms with Crippen molar-refractivity contribution in [2.24, 2.45) is 0 Å². The highest BCUT2D eigenvalue weighted by Gasteiger charge is 2.28. The number of aryl methyl sites for hydroxylation is 4. The van der Waals surface area contributed by atoms with Gasteiger partial charge in [-0.3, -0.25) is 4.79 Å². The molecular formula is C25H28N2O3S. The van der Waals surface area contributed by atoms with E-state index in [9.17, 15) is 13.2 Å². The third-order valence-corrected chi connectivity index (χ3v) is 6.92. The zero-order valence-electron chi connectivity index (χ0n) is 18.3. The Hall–Kier alpha value is -2.96. The van der Waals surface area contributed by atoms with E-state index in [2.05, 4.69) is 5.32 Å². The molecular weight excluding hydrogens is 408 g/mol. The molecule has 0 fully saturated rings. The Kier molecular flexibility index (Phi) is 6.93. The van der Waals surface area contributed by atoms with E-state index in [-0.39, 0.29) is 23.9 Å². The predicted octanol–water partition coefficient (Wildman–Crippen LogP) is 4.75. The van der Waals surface area contributed by atoms with Crippen LogP contribution in [-0.4, -0.2) is 25.2 Å². The summed E-state index contributed by atoms with van der Waals surface area (Å²) in [4.78, 5) is 13.1. The molecule has 0 aromatic heterocycles. The molecule has 0 aliphatic carbocycles. The fourth-order valence-electron chi connectivity index (χ4n) is 3.54. The van der Waals surface area contributed by atoms with Crippen molar-refractivity contribution in [2.45, 2.75) is 39.1 Å². The molecule has 3 aromatic carbocycles. The number of anilines is 1. The first kappa shape index (κ1) is 22.7. The third kappa shape index (κ3) is 5.81. The highest BCUT2D eigenvalue weighted by atomic mass is 32.2. The molecule has 0 radical (unpaired) electrons. The lowest BCUT2D eigenvalue weighted by molar-refractivity contribution is -0.116. The Bertz CT molecular complexity index is 1170. The standard InChI is InChI=1S/C25H28N2O3S/c1-18-10-11-21(4)24(15-18)31(29,30)27(16-22-8-6-5-7-9-22)17-25(28)26-23-13-19(2)12-20(3)14-23/h5-15H,16-17H2,1-4H3,(H,26,28). The van der Waals surface area contributed by atoms with Crippen molar-refractivity contribution in [3.05, 3.63) is 94.5 Å². The van der Waals surface area contributed by atoms with E-state index in [1.807, 2.05) is 75.4 Å². The second-order valence-corrected chi connectivity index (χ2v) is 9.86. The van der Waals surface area contributed by atoms with Gasteiger partial charge in [-0.1, -0.05) is 48.5 Å². The maximum absolute atomic E-state index is 13.6. The number of hydrogen-bond acceptors (Lipinski definition) is 3. The predicted molar refractivity (Wildman–Crippen MR) is 124 cm³/mol. The number of benzene rings is 3. The summed E-state index contributed by atoms with van der Waals surface area (Å²) < 4.78 is 28.3. The smallest absolute Gasteiger partial charge is 0.244 e. The van der Waals surface area contributed by atoms with Crippen LogP contribution in [0.2, 0.25) is 0 Å². The molecule has 1 N–H and O–H groups in total. The lowest BCUT2D eigenvalue weighted by atomic mass is 10.1. The minimum atomic E-state index is -3.88. The number of sulfonamides is 1. The highest BCUT2D eigenvalue weighted by molar-refractivity contribution is 7.89. The summed E-state index contributed by atoms with van der Waals surface area (Å²) in [6.45, 7) is 7.36. The van der Waals surface area contributed by atoms with Crippen molar-refractivity contribution in [1.82, 2.24) is 4.31 Å². The minimum Gasteiger partial charge on any atom is -0.325 e. The van der Waals surface area contributed by atoms with E-state index < -0.39 is 10.0 Å². The first-order valence-electron chi connectivity index (χ1n) is 10.1. The first-order chi connectivity index (χ1) is 14.6. The average molecular weight is 437 g/mol. The number of carbonyl (C=O) groups excluding carboxylic acids is 1. The number of rotatable bonds is 7. The zero-order valence-corrected chi connectivity index (χ0v) is 19.2. The summed E-state index contributed by atoms with van der Waals surface area (Å²) in [5, 5.41) is 2.84. The van der Waals surface area contributed by atoms with Gasteiger partial charge >= 0.3 is 0 Å². The normalized spacial score (nSPS) is 11.5. The van der Waals surface area contributed by atoms with Gasteiger partial charge in [-0.2, -0.15) is 4.31 Å². The largest absolute Gasteiger partial charge is 0.325 e. The fraction of sp³-hybridized carbons (Fsp3) is 0.240. The summed E-state index contributed by atoms with van der Waals surface area (Å²) in [6, 6.07) is 20.4. The molecule has 1 amide bonds. The van der Waals surface area contributed by atoms with Crippen LogP contribution in [0.5, 0.6) is 0 Å². The summed E-state index contributed by atoms with van der Waals surface area (Å²) in [6.07, 6.45) is 0. The van der Waals surface area contributed by atoms with E-state index in [0.29, 0.717) is 11.3 Å². The Balaban J connectivity index is 1.92. The van der Waals surface area contributed by atoms with Crippen LogP contribution in [0.1, 0.15) is 27.8 Å². The van der Waals surface area contributed by atoms with Crippen molar-refractivity contribution >= 4 is 21.6 Å². The summed E-state index contributed by atoms with van der Waals surface area (Å²) in [5.41, 5.74) is 5.03. The second-order valence-electron chi connectivity index (χ2n) is 7.95. The molecule has 0 aliphatic heterocycles. The third-order valence-electron chi connectivity index (χ3n) is 4.99. The second kappa shape index (κ2) is 9.45. The molecule has 0 unspecified atom stereocenters. The SMILES string of the molecule is Cc1cc(C)cc(NC(=O)CN(Cc2ccccc2)S(=O)(=O)c2cc(C)ccc2C)c1. The molecule has 3 aromatic rings. The molecule has 0 saturated heterocycles. The Morgan fingerprint density at radius 2 is 1.48 bits per heavy atom. The average Bonchev–Trinajstić information content (AvgIpc) is 2.69. The van der Waals surface area contributed by atoms with Crippen LogP contribution in [-0.2, 0) is 21.4 Å². The van der Waals surface area contributed by atoms with Gasteiger partial charge in [-0.15, -0.1) is 0 Å². The molecule has 0 heterocycles. The maximum Gasteiger partial charge on any atom is 0.244 e. The topological polar surface area (TPSA) is 66.5 Å². The molecule has 0 saturated carbocycles. The van der Waals surface area contributed by atoms with E-state index in [1.54, 1.807) is 19.1 Å². The molecule has 3 rings (SSSR count). The number of nitrogens with one attached hydrogen (secondary N) is 1. The van der Waals surface area contributed by atoms with Crippen molar-refractivity contribution in [1.29, 1.82) is 0 Å². The lowest BCUT2D eigenvalue weighted by Gasteiger charge is -2.23. The molecule has 0 bridgehead atoms. The van der Waals surface area contributed by atoms with Gasteiger partial charge in [0, 0.05) is 12.2 Å². The molecule has 162 valence electrons. The monoisotopic (exact) mass is 436 g/mol. The van der Waals surface area contributed by atoms with Crippen LogP contribution >= 0.6 is 0 Å². The van der Waals surface area contributed by atoms with Crippen LogP contribution < -0.4 is 5.32 Å². The minimum absolute atomic E-state index is 0.108. The first-order valence-corrected chi connectivity index (χ1v) is 11.6. The molecule has 5 nitrogen and oxygen atoms in total. The summed E-state index contributed by atoms with van der Waals surface area (Å²) in [7, 11) is -3.88. The van der Waals surface area contributed by atoms with Gasteiger partial charge in [0.2, 0.25) is 15.9 Å². The van der Waals surface area contributed by atoms with Gasteiger partial charge in [0.15, 0.2) is 0 Å². The van der Waals surface area contributed by atoms with Gasteiger partial charge in [0.1, 0.15) is 0 Å².